The van der Waals surface area contributed by atoms with Crippen molar-refractivity contribution in [2.24, 2.45) is 28.6 Å². The van der Waals surface area contributed by atoms with Crippen LogP contribution in [-0.2, 0) is 31.9 Å². The summed E-state index contributed by atoms with van der Waals surface area (Å²) in [4.78, 5) is 26.1. The Morgan fingerprint density at radius 3 is 2.62 bits per heavy atom. The Hall–Kier alpha value is -3.17. The number of carbonyl (C=O) groups is 2. The molecule has 4 fully saturated rings. The average molecular weight is 616 g/mol. The summed E-state index contributed by atoms with van der Waals surface area (Å²) in [5, 5.41) is 22.2. The van der Waals surface area contributed by atoms with Gasteiger partial charge in [-0.1, -0.05) is 49.8 Å². The lowest BCUT2D eigenvalue weighted by atomic mass is 9.46. The van der Waals surface area contributed by atoms with E-state index in [4.69, 9.17) is 15.2 Å². The lowest BCUT2D eigenvalue weighted by molar-refractivity contribution is -0.201. The van der Waals surface area contributed by atoms with E-state index in [9.17, 15) is 19.8 Å². The zero-order valence-corrected chi connectivity index (χ0v) is 26.1. The molecule has 0 radical (unpaired) electrons. The maximum Gasteiger partial charge on any atom is 0.193 e. The minimum atomic E-state index is -1.53. The summed E-state index contributed by atoms with van der Waals surface area (Å²) in [6.45, 7) is 5.15. The van der Waals surface area contributed by atoms with E-state index >= 15 is 4.39 Å². The van der Waals surface area contributed by atoms with Gasteiger partial charge < -0.3 is 25.4 Å². The second-order valence-corrected chi connectivity index (χ2v) is 14.3. The number of fused-ring (bicyclic) bond motifs is 7. The van der Waals surface area contributed by atoms with Crippen LogP contribution >= 0.6 is 0 Å². The molecule has 8 heteroatoms. The van der Waals surface area contributed by atoms with Gasteiger partial charge >= 0.3 is 0 Å². The van der Waals surface area contributed by atoms with Crippen LogP contribution in [0.15, 0.2) is 60.2 Å². The second-order valence-electron chi connectivity index (χ2n) is 14.3. The molecule has 0 bridgehead atoms. The highest BCUT2D eigenvalue weighted by Crippen LogP contribution is 2.70. The Kier molecular flexibility index (Phi) is 7.24. The molecule has 1 saturated heterocycles. The fourth-order valence-electron chi connectivity index (χ4n) is 10.00. The summed E-state index contributed by atoms with van der Waals surface area (Å²) >= 11 is 0. The summed E-state index contributed by atoms with van der Waals surface area (Å²) in [6, 6.07) is 11.2. The Labute approximate surface area is 263 Å². The molecule has 0 unspecified atom stereocenters. The van der Waals surface area contributed by atoms with Gasteiger partial charge in [-0.2, -0.15) is 0 Å². The molecule has 0 aromatic heterocycles. The van der Waals surface area contributed by atoms with Crippen LogP contribution in [-0.4, -0.2) is 46.2 Å². The number of aliphatic hydroxyl groups excluding tert-OH is 2. The van der Waals surface area contributed by atoms with E-state index < -0.39 is 53.1 Å². The van der Waals surface area contributed by atoms with Crippen LogP contribution in [0.25, 0.3) is 0 Å². The number of rotatable bonds is 6. The van der Waals surface area contributed by atoms with Crippen molar-refractivity contribution >= 4 is 17.3 Å². The average Bonchev–Trinajstić information content (AvgIpc) is 3.50. The number of nitrogens with two attached hydrogens (primary N) is 1. The highest BCUT2D eigenvalue weighted by Gasteiger charge is 2.76. The third-order valence-corrected chi connectivity index (χ3v) is 12.2. The summed E-state index contributed by atoms with van der Waals surface area (Å²) in [5.74, 6) is -1.04. The number of hydrogen-bond acceptors (Lipinski definition) is 7. The number of ether oxygens (including phenoxy) is 2. The van der Waals surface area contributed by atoms with Gasteiger partial charge in [-0.05, 0) is 98.3 Å². The van der Waals surface area contributed by atoms with Gasteiger partial charge in [0.15, 0.2) is 23.5 Å². The van der Waals surface area contributed by atoms with E-state index in [-0.39, 0.29) is 35.5 Å². The van der Waals surface area contributed by atoms with Crippen LogP contribution in [0.5, 0.6) is 0 Å². The molecule has 1 heterocycles. The fraction of sp³-hybridized carbons (Fsp3) is 0.514. The van der Waals surface area contributed by atoms with Crippen molar-refractivity contribution in [2.45, 2.75) is 83.4 Å². The van der Waals surface area contributed by atoms with Gasteiger partial charge in [-0.3, -0.25) is 9.59 Å². The first-order valence-corrected chi connectivity index (χ1v) is 16.1. The first-order chi connectivity index (χ1) is 21.4. The van der Waals surface area contributed by atoms with Crippen LogP contribution in [0.3, 0.4) is 0 Å². The van der Waals surface area contributed by atoms with E-state index in [0.29, 0.717) is 36.1 Å². The van der Waals surface area contributed by atoms with E-state index in [1.165, 1.54) is 0 Å². The van der Waals surface area contributed by atoms with Gasteiger partial charge in [0.2, 0.25) is 0 Å². The molecule has 2 aromatic carbocycles. The highest BCUT2D eigenvalue weighted by atomic mass is 19.1. The lowest BCUT2D eigenvalue weighted by Gasteiger charge is -2.59. The second kappa shape index (κ2) is 10.7. The van der Waals surface area contributed by atoms with Crippen molar-refractivity contribution in [2.75, 3.05) is 12.3 Å². The largest absolute Gasteiger partial charge is 0.399 e. The minimum absolute atomic E-state index is 0.0244. The molecule has 7 rings (SSSR count). The van der Waals surface area contributed by atoms with E-state index in [0.717, 1.165) is 24.0 Å². The van der Waals surface area contributed by atoms with Crippen LogP contribution < -0.4 is 5.73 Å². The molecular weight excluding hydrogens is 573 g/mol. The number of ketones is 2. The number of aliphatic hydroxyl groups is 2. The molecule has 45 heavy (non-hydrogen) atoms. The number of benzene rings is 2. The Bertz CT molecular complexity index is 1620. The van der Waals surface area contributed by atoms with Gasteiger partial charge in [-0.15, -0.1) is 0 Å². The highest BCUT2D eigenvalue weighted by molar-refractivity contribution is 6.01. The molecule has 4 aliphatic carbocycles. The van der Waals surface area contributed by atoms with Crippen molar-refractivity contribution in [3.63, 3.8) is 0 Å². The molecule has 9 atom stereocenters. The normalized spacial score (nSPS) is 38.3. The van der Waals surface area contributed by atoms with Gasteiger partial charge in [0.1, 0.15) is 12.4 Å². The SMILES string of the molecule is Cc1ccc(CCc2ccc(N)cc2)c(F)c1[C@H]1O[C@@H]2C[C@H]3[C@@H]4CCC5=CC(=O)C=C[C@]5(C)[C@H]4[C@@H](O)C[C@]3(C)[C@]2(C(=O)CO)O1. The van der Waals surface area contributed by atoms with Gasteiger partial charge in [0.25, 0.3) is 0 Å². The van der Waals surface area contributed by atoms with Gasteiger partial charge in [0, 0.05) is 28.0 Å². The monoisotopic (exact) mass is 615 g/mol. The zero-order valence-electron chi connectivity index (χ0n) is 26.1. The Morgan fingerprint density at radius 1 is 1.13 bits per heavy atom. The molecule has 0 amide bonds. The quantitative estimate of drug-likeness (QED) is 0.387. The molecular formula is C37H42FNO6. The van der Waals surface area contributed by atoms with Crippen LogP contribution in [0.1, 0.15) is 68.1 Å². The first kappa shape index (κ1) is 30.5. The van der Waals surface area contributed by atoms with Crippen LogP contribution in [0.2, 0.25) is 0 Å². The van der Waals surface area contributed by atoms with Gasteiger partial charge in [0.05, 0.1) is 12.2 Å². The standard InChI is InChI=1S/C37H42FNO6/c1-20-4-8-22(9-5-21-6-11-24(39)12-7-21)33(38)31(20)34-44-30-17-27-26-13-10-23-16-25(41)14-15-35(23,2)32(26)28(42)18-36(27,3)37(30,45-34)29(43)19-40/h4,6-8,11-12,14-16,26-28,30,32,34,40,42H,5,9-10,13,17-19,39H2,1-3H3/t26-,27-,28-,30+,32+,34-,35-,36-,37+/m0/s1. The van der Waals surface area contributed by atoms with E-state index in [1.807, 2.05) is 43.3 Å². The number of anilines is 1. The number of hydrogen-bond donors (Lipinski definition) is 3. The number of halogens is 1. The predicted molar refractivity (Wildman–Crippen MR) is 166 cm³/mol. The van der Waals surface area contributed by atoms with Crippen molar-refractivity contribution in [1.82, 2.24) is 0 Å². The van der Waals surface area contributed by atoms with Gasteiger partial charge in [-0.25, -0.2) is 4.39 Å². The predicted octanol–water partition coefficient (Wildman–Crippen LogP) is 5.10. The molecule has 2 aromatic rings. The Morgan fingerprint density at radius 2 is 1.89 bits per heavy atom. The third kappa shape index (κ3) is 4.36. The number of nitrogen functional groups attached to an aromatic ring is 1. The van der Waals surface area contributed by atoms with Crippen molar-refractivity contribution in [3.8, 4) is 0 Å². The molecule has 0 spiro atoms. The lowest BCUT2D eigenvalue weighted by Crippen LogP contribution is -2.63. The van der Waals surface area contributed by atoms with Crippen molar-refractivity contribution in [3.05, 3.63) is 88.3 Å². The summed E-state index contributed by atoms with van der Waals surface area (Å²) in [6.07, 6.45) is 6.03. The first-order valence-electron chi connectivity index (χ1n) is 16.1. The van der Waals surface area contributed by atoms with Crippen molar-refractivity contribution in [1.29, 1.82) is 0 Å². The van der Waals surface area contributed by atoms with E-state index in [1.54, 1.807) is 25.1 Å². The summed E-state index contributed by atoms with van der Waals surface area (Å²) in [5.41, 5.74) is 7.20. The molecule has 5 aliphatic rings. The topological polar surface area (TPSA) is 119 Å². The molecule has 238 valence electrons. The maximum atomic E-state index is 16.3. The third-order valence-electron chi connectivity index (χ3n) is 12.2. The molecule has 7 nitrogen and oxygen atoms in total. The number of carbonyl (C=O) groups excluding carboxylic acids is 2. The summed E-state index contributed by atoms with van der Waals surface area (Å²) < 4.78 is 29.5. The molecule has 3 saturated carbocycles. The smallest absolute Gasteiger partial charge is 0.193 e. The Balaban J connectivity index is 1.21. The summed E-state index contributed by atoms with van der Waals surface area (Å²) in [7, 11) is 0. The zero-order chi connectivity index (χ0) is 31.9. The van der Waals surface area contributed by atoms with Crippen LogP contribution in [0.4, 0.5) is 10.1 Å². The maximum absolute atomic E-state index is 16.3. The van der Waals surface area contributed by atoms with Crippen molar-refractivity contribution < 1.29 is 33.7 Å². The molecule has 1 aliphatic heterocycles. The molecule has 4 N–H and O–H groups in total. The number of aryl methyl sites for hydroxylation is 3. The number of allylic oxidation sites excluding steroid dienone is 4. The van der Waals surface area contributed by atoms with Crippen LogP contribution in [0, 0.1) is 41.3 Å². The fourth-order valence-corrected chi connectivity index (χ4v) is 10.00. The van der Waals surface area contributed by atoms with E-state index in [2.05, 4.69) is 6.92 Å². The minimum Gasteiger partial charge on any atom is -0.399 e. The number of Topliss-reactive ketones (excluding diaryl/α,β-unsaturated/α-hetero) is 1.